The Hall–Kier alpha value is -1.85. The molecule has 0 saturated heterocycles. The average Bonchev–Trinajstić information content (AvgIpc) is 2.99. The zero-order valence-corrected chi connectivity index (χ0v) is 10.7. The second-order valence-electron chi connectivity index (χ2n) is 3.62. The molecule has 0 saturated carbocycles. The largest absolute Gasteiger partial charge is 0.380 e. The molecule has 0 radical (unpaired) electrons. The van der Waals surface area contributed by atoms with Crippen molar-refractivity contribution in [3.63, 3.8) is 0 Å². The zero-order valence-electron chi connectivity index (χ0n) is 9.13. The summed E-state index contributed by atoms with van der Waals surface area (Å²) < 4.78 is 5.29. The molecule has 18 heavy (non-hydrogen) atoms. The first-order chi connectivity index (χ1) is 8.77. The van der Waals surface area contributed by atoms with E-state index in [-0.39, 0.29) is 0 Å². The van der Waals surface area contributed by atoms with Crippen molar-refractivity contribution in [1.82, 2.24) is 10.1 Å². The van der Waals surface area contributed by atoms with Crippen molar-refractivity contribution in [2.75, 3.05) is 5.73 Å². The van der Waals surface area contributed by atoms with Crippen LogP contribution >= 0.6 is 22.9 Å². The Balaban J connectivity index is 2.24. The van der Waals surface area contributed by atoms with Crippen molar-refractivity contribution in [2.45, 2.75) is 0 Å². The molecule has 2 aromatic heterocycles. The molecule has 0 fully saturated rings. The average molecular weight is 278 g/mol. The van der Waals surface area contributed by atoms with Gasteiger partial charge in [-0.25, -0.2) is 0 Å². The van der Waals surface area contributed by atoms with Crippen molar-refractivity contribution in [1.29, 1.82) is 0 Å². The summed E-state index contributed by atoms with van der Waals surface area (Å²) in [6.45, 7) is 0. The smallest absolute Gasteiger partial charge is 0.188 e. The molecule has 0 spiro atoms. The van der Waals surface area contributed by atoms with E-state index in [9.17, 15) is 0 Å². The van der Waals surface area contributed by atoms with Gasteiger partial charge in [-0.05, 0) is 6.07 Å². The number of nitrogens with two attached hydrogens (primary N) is 1. The van der Waals surface area contributed by atoms with Gasteiger partial charge in [0, 0.05) is 16.8 Å². The summed E-state index contributed by atoms with van der Waals surface area (Å²) in [4.78, 5) is 4.89. The fourth-order valence-electron chi connectivity index (χ4n) is 1.72. The Morgan fingerprint density at radius 1 is 1.28 bits per heavy atom. The lowest BCUT2D eigenvalue weighted by atomic mass is 10.1. The van der Waals surface area contributed by atoms with Crippen molar-refractivity contribution in [3.05, 3.63) is 41.0 Å². The Morgan fingerprint density at radius 2 is 2.11 bits per heavy atom. The number of hydrogen-bond acceptors (Lipinski definition) is 5. The van der Waals surface area contributed by atoms with Crippen LogP contribution in [0.1, 0.15) is 0 Å². The number of nitrogen functional groups attached to an aromatic ring is 1. The van der Waals surface area contributed by atoms with Crippen LogP contribution in [0.5, 0.6) is 0 Å². The van der Waals surface area contributed by atoms with E-state index in [1.807, 2.05) is 18.2 Å². The normalized spacial score (nSPS) is 10.7. The van der Waals surface area contributed by atoms with E-state index < -0.39 is 0 Å². The van der Waals surface area contributed by atoms with Gasteiger partial charge in [-0.3, -0.25) is 4.98 Å². The summed E-state index contributed by atoms with van der Waals surface area (Å²) in [6, 6.07) is 7.45. The summed E-state index contributed by atoms with van der Waals surface area (Å²) in [5.41, 5.74) is 9.12. The van der Waals surface area contributed by atoms with E-state index in [0.717, 1.165) is 10.4 Å². The molecule has 0 bridgehead atoms. The Morgan fingerprint density at radius 3 is 2.83 bits per heavy atom. The van der Waals surface area contributed by atoms with Gasteiger partial charge in [0.15, 0.2) is 11.6 Å². The monoisotopic (exact) mass is 277 g/mol. The second-order valence-corrected chi connectivity index (χ2v) is 4.91. The van der Waals surface area contributed by atoms with Gasteiger partial charge in [-0.1, -0.05) is 35.0 Å². The molecule has 0 atom stereocenters. The highest BCUT2D eigenvalue weighted by atomic mass is 35.5. The van der Waals surface area contributed by atoms with Gasteiger partial charge < -0.3 is 10.3 Å². The number of hydrogen-bond donors (Lipinski definition) is 1. The van der Waals surface area contributed by atoms with Gasteiger partial charge in [0.25, 0.3) is 0 Å². The number of thiazole rings is 1. The zero-order chi connectivity index (χ0) is 12.5. The molecule has 3 rings (SSSR count). The predicted molar refractivity (Wildman–Crippen MR) is 72.5 cm³/mol. The van der Waals surface area contributed by atoms with Crippen LogP contribution in [0.15, 0.2) is 40.5 Å². The fourth-order valence-corrected chi connectivity index (χ4v) is 2.56. The maximum absolute atomic E-state index is 6.18. The van der Waals surface area contributed by atoms with Crippen LogP contribution in [-0.2, 0) is 0 Å². The minimum atomic E-state index is 0.325. The quantitative estimate of drug-likeness (QED) is 0.776. The summed E-state index contributed by atoms with van der Waals surface area (Å²) in [6.07, 6.45) is 1.71. The fraction of sp³-hybridized carbons (Fsp3) is 0. The topological polar surface area (TPSA) is 64.9 Å². The van der Waals surface area contributed by atoms with Crippen LogP contribution in [0.3, 0.4) is 0 Å². The lowest BCUT2D eigenvalue weighted by molar-refractivity contribution is 0.437. The number of nitrogens with zero attached hydrogens (tertiary/aromatic N) is 2. The van der Waals surface area contributed by atoms with Gasteiger partial charge >= 0.3 is 0 Å². The van der Waals surface area contributed by atoms with Crippen LogP contribution in [0.4, 0.5) is 5.82 Å². The molecule has 90 valence electrons. The third kappa shape index (κ3) is 1.77. The van der Waals surface area contributed by atoms with Crippen LogP contribution in [0.25, 0.3) is 21.8 Å². The Labute approximate surface area is 112 Å². The molecule has 0 aliphatic rings. The molecule has 2 N–H and O–H groups in total. The highest BCUT2D eigenvalue weighted by molar-refractivity contribution is 7.13. The van der Waals surface area contributed by atoms with Crippen molar-refractivity contribution in [3.8, 4) is 21.8 Å². The first-order valence-electron chi connectivity index (χ1n) is 5.16. The number of anilines is 1. The summed E-state index contributed by atoms with van der Waals surface area (Å²) in [5, 5.41) is 4.42. The van der Waals surface area contributed by atoms with Crippen LogP contribution in [0.2, 0.25) is 5.02 Å². The van der Waals surface area contributed by atoms with Gasteiger partial charge in [0.1, 0.15) is 0 Å². The number of halogens is 1. The molecule has 4 nitrogen and oxygen atoms in total. The Bertz CT molecular complexity index is 678. The lowest BCUT2D eigenvalue weighted by Crippen LogP contribution is -1.89. The highest BCUT2D eigenvalue weighted by Crippen LogP contribution is 2.40. The summed E-state index contributed by atoms with van der Waals surface area (Å²) in [5.74, 6) is 0.926. The molecule has 1 aromatic carbocycles. The molecule has 0 amide bonds. The van der Waals surface area contributed by atoms with E-state index in [2.05, 4.69) is 10.1 Å². The van der Waals surface area contributed by atoms with E-state index in [0.29, 0.717) is 22.2 Å². The number of aromatic nitrogens is 2. The molecular weight excluding hydrogens is 270 g/mol. The van der Waals surface area contributed by atoms with Crippen molar-refractivity contribution < 1.29 is 4.52 Å². The molecule has 0 unspecified atom stereocenters. The molecule has 3 aromatic rings. The van der Waals surface area contributed by atoms with Gasteiger partial charge in [-0.2, -0.15) is 0 Å². The van der Waals surface area contributed by atoms with Crippen LogP contribution in [-0.4, -0.2) is 10.1 Å². The molecular formula is C12H8ClN3OS. The Kier molecular flexibility index (Phi) is 2.77. The highest BCUT2D eigenvalue weighted by Gasteiger charge is 2.20. The lowest BCUT2D eigenvalue weighted by Gasteiger charge is -2.03. The van der Waals surface area contributed by atoms with E-state index in [1.54, 1.807) is 17.8 Å². The third-order valence-electron chi connectivity index (χ3n) is 2.52. The first-order valence-corrected chi connectivity index (χ1v) is 6.42. The van der Waals surface area contributed by atoms with E-state index >= 15 is 0 Å². The van der Waals surface area contributed by atoms with Crippen LogP contribution < -0.4 is 5.73 Å². The maximum Gasteiger partial charge on any atom is 0.188 e. The standard InChI is InChI=1S/C12H8ClN3OS/c13-8-4-2-1-3-7(8)10-11(17-16-12(10)14)9-5-15-6-18-9/h1-6H,(H2,14,16). The molecule has 0 aliphatic carbocycles. The molecule has 2 heterocycles. The third-order valence-corrected chi connectivity index (χ3v) is 3.62. The minimum absolute atomic E-state index is 0.325. The summed E-state index contributed by atoms with van der Waals surface area (Å²) in [7, 11) is 0. The first kappa shape index (κ1) is 11.3. The van der Waals surface area contributed by atoms with Gasteiger partial charge in [0.2, 0.25) is 0 Å². The summed E-state index contributed by atoms with van der Waals surface area (Å²) >= 11 is 7.64. The van der Waals surface area contributed by atoms with Crippen LogP contribution in [0, 0.1) is 0 Å². The van der Waals surface area contributed by atoms with E-state index in [1.165, 1.54) is 11.3 Å². The van der Waals surface area contributed by atoms with Gasteiger partial charge in [0.05, 0.1) is 16.0 Å². The van der Waals surface area contributed by atoms with Crippen molar-refractivity contribution in [2.24, 2.45) is 0 Å². The van der Waals surface area contributed by atoms with Crippen molar-refractivity contribution >= 4 is 28.8 Å². The number of rotatable bonds is 2. The molecule has 0 aliphatic heterocycles. The second kappa shape index (κ2) is 4.44. The van der Waals surface area contributed by atoms with E-state index in [4.69, 9.17) is 21.9 Å². The predicted octanol–water partition coefficient (Wildman–Crippen LogP) is 3.70. The minimum Gasteiger partial charge on any atom is -0.380 e. The number of benzene rings is 1. The maximum atomic E-state index is 6.18. The van der Waals surface area contributed by atoms with Gasteiger partial charge in [-0.15, -0.1) is 11.3 Å². The molecule has 6 heteroatoms. The SMILES string of the molecule is Nc1noc(-c2cncs2)c1-c1ccccc1Cl.